The van der Waals surface area contributed by atoms with Crippen LogP contribution in [0.4, 0.5) is 18.9 Å². The first-order chi connectivity index (χ1) is 14.7. The summed E-state index contributed by atoms with van der Waals surface area (Å²) < 4.78 is 47.7. The van der Waals surface area contributed by atoms with Crippen LogP contribution in [0.5, 0.6) is 5.75 Å². The molecule has 0 amide bonds. The van der Waals surface area contributed by atoms with Gasteiger partial charge in [-0.25, -0.2) is 4.98 Å². The molecule has 3 aromatic rings. The SMILES string of the molecule is CC(C)Oc1ccc(N2CCC(Cn3c(C(F)(F)F)nc4ccccc43)CC2)cc1Cl. The molecular weight excluding hydrogens is 427 g/mol. The van der Waals surface area contributed by atoms with Crippen molar-refractivity contribution in [2.75, 3.05) is 18.0 Å². The maximum Gasteiger partial charge on any atom is 0.449 e. The van der Waals surface area contributed by atoms with E-state index in [-0.39, 0.29) is 12.0 Å². The van der Waals surface area contributed by atoms with Gasteiger partial charge in [-0.05, 0) is 62.9 Å². The van der Waals surface area contributed by atoms with Gasteiger partial charge >= 0.3 is 6.18 Å². The lowest BCUT2D eigenvalue weighted by Gasteiger charge is -2.34. The molecule has 4 rings (SSSR count). The van der Waals surface area contributed by atoms with Gasteiger partial charge in [0, 0.05) is 25.3 Å². The van der Waals surface area contributed by atoms with E-state index in [0.29, 0.717) is 28.4 Å². The molecule has 1 aromatic heterocycles. The molecule has 0 radical (unpaired) electrons. The third-order valence-electron chi connectivity index (χ3n) is 5.61. The van der Waals surface area contributed by atoms with Gasteiger partial charge in [-0.2, -0.15) is 13.2 Å². The molecular formula is C23H25ClF3N3O. The molecule has 2 heterocycles. The van der Waals surface area contributed by atoms with Crippen LogP contribution in [0.15, 0.2) is 42.5 Å². The third kappa shape index (κ3) is 4.76. The molecule has 1 saturated heterocycles. The number of hydrogen-bond acceptors (Lipinski definition) is 3. The Balaban J connectivity index is 1.46. The predicted octanol–water partition coefficient (Wildman–Crippen LogP) is 6.41. The molecule has 1 aliphatic heterocycles. The van der Waals surface area contributed by atoms with Crippen molar-refractivity contribution in [3.8, 4) is 5.75 Å². The first kappa shape index (κ1) is 21.8. The molecule has 31 heavy (non-hydrogen) atoms. The fourth-order valence-electron chi connectivity index (χ4n) is 4.14. The first-order valence-corrected chi connectivity index (χ1v) is 10.8. The van der Waals surface area contributed by atoms with Crippen molar-refractivity contribution in [2.45, 2.75) is 45.5 Å². The van der Waals surface area contributed by atoms with Crippen LogP contribution < -0.4 is 9.64 Å². The molecule has 1 aliphatic rings. The predicted molar refractivity (Wildman–Crippen MR) is 117 cm³/mol. The highest BCUT2D eigenvalue weighted by Gasteiger charge is 2.38. The fourth-order valence-corrected chi connectivity index (χ4v) is 4.36. The summed E-state index contributed by atoms with van der Waals surface area (Å²) >= 11 is 6.36. The molecule has 4 nitrogen and oxygen atoms in total. The zero-order valence-corrected chi connectivity index (χ0v) is 18.2. The Kier molecular flexibility index (Phi) is 6.06. The number of benzene rings is 2. The summed E-state index contributed by atoms with van der Waals surface area (Å²) in [6.45, 7) is 5.73. The molecule has 166 valence electrons. The van der Waals surface area contributed by atoms with E-state index in [1.54, 1.807) is 24.3 Å². The van der Waals surface area contributed by atoms with Crippen LogP contribution >= 0.6 is 11.6 Å². The number of fused-ring (bicyclic) bond motifs is 1. The number of imidazole rings is 1. The van der Waals surface area contributed by atoms with Gasteiger partial charge in [-0.15, -0.1) is 0 Å². The maximum absolute atomic E-state index is 13.6. The van der Waals surface area contributed by atoms with Gasteiger partial charge in [0.25, 0.3) is 0 Å². The summed E-state index contributed by atoms with van der Waals surface area (Å²) in [5, 5.41) is 0.563. The second-order valence-electron chi connectivity index (χ2n) is 8.24. The molecule has 0 N–H and O–H groups in total. The van der Waals surface area contributed by atoms with Gasteiger partial charge in [-0.3, -0.25) is 0 Å². The van der Waals surface area contributed by atoms with Crippen molar-refractivity contribution in [2.24, 2.45) is 5.92 Å². The van der Waals surface area contributed by atoms with Crippen molar-refractivity contribution in [1.82, 2.24) is 9.55 Å². The van der Waals surface area contributed by atoms with Crippen molar-refractivity contribution in [3.05, 3.63) is 53.3 Å². The van der Waals surface area contributed by atoms with Gasteiger partial charge in [-0.1, -0.05) is 23.7 Å². The summed E-state index contributed by atoms with van der Waals surface area (Å²) in [5.41, 5.74) is 1.92. The highest BCUT2D eigenvalue weighted by molar-refractivity contribution is 6.32. The topological polar surface area (TPSA) is 30.3 Å². The molecule has 2 aromatic carbocycles. The lowest BCUT2D eigenvalue weighted by Crippen LogP contribution is -2.35. The Labute approximate surface area is 184 Å². The Morgan fingerprint density at radius 2 is 1.84 bits per heavy atom. The molecule has 0 bridgehead atoms. The van der Waals surface area contributed by atoms with Gasteiger partial charge < -0.3 is 14.2 Å². The van der Waals surface area contributed by atoms with E-state index in [1.807, 2.05) is 32.0 Å². The number of piperidine rings is 1. The van der Waals surface area contributed by atoms with Crippen LogP contribution in [-0.4, -0.2) is 28.7 Å². The number of nitrogens with zero attached hydrogens (tertiary/aromatic N) is 3. The Morgan fingerprint density at radius 1 is 1.13 bits per heavy atom. The summed E-state index contributed by atoms with van der Waals surface area (Å²) in [6, 6.07) is 12.5. The van der Waals surface area contributed by atoms with E-state index in [4.69, 9.17) is 16.3 Å². The Hall–Kier alpha value is -2.41. The molecule has 1 fully saturated rings. The van der Waals surface area contributed by atoms with Crippen LogP contribution in [-0.2, 0) is 12.7 Å². The number of rotatable bonds is 5. The highest BCUT2D eigenvalue weighted by atomic mass is 35.5. The summed E-state index contributed by atoms with van der Waals surface area (Å²) in [4.78, 5) is 6.07. The van der Waals surface area contributed by atoms with E-state index in [9.17, 15) is 13.2 Å². The van der Waals surface area contributed by atoms with Gasteiger partial charge in [0.2, 0.25) is 5.82 Å². The standard InChI is InChI=1S/C23H25ClF3N3O/c1-15(2)31-21-8-7-17(13-18(21)24)29-11-9-16(10-12-29)14-30-20-6-4-3-5-19(20)28-22(30)23(25,26)27/h3-8,13,15-16H,9-12,14H2,1-2H3. The number of aromatic nitrogens is 2. The lowest BCUT2D eigenvalue weighted by atomic mass is 9.96. The van der Waals surface area contributed by atoms with Gasteiger partial charge in [0.1, 0.15) is 5.75 Å². The average Bonchev–Trinajstić information content (AvgIpc) is 3.09. The second kappa shape index (κ2) is 8.61. The van der Waals surface area contributed by atoms with E-state index in [2.05, 4.69) is 9.88 Å². The fraction of sp³-hybridized carbons (Fsp3) is 0.435. The minimum absolute atomic E-state index is 0.0416. The van der Waals surface area contributed by atoms with Crippen LogP contribution in [0.1, 0.15) is 32.5 Å². The lowest BCUT2D eigenvalue weighted by molar-refractivity contribution is -0.147. The van der Waals surface area contributed by atoms with Crippen LogP contribution in [0.25, 0.3) is 11.0 Å². The van der Waals surface area contributed by atoms with E-state index < -0.39 is 12.0 Å². The van der Waals surface area contributed by atoms with E-state index in [0.717, 1.165) is 31.6 Å². The number of ether oxygens (including phenoxy) is 1. The average molecular weight is 452 g/mol. The number of alkyl halides is 3. The molecule has 0 spiro atoms. The molecule has 0 aliphatic carbocycles. The monoisotopic (exact) mass is 451 g/mol. The quantitative estimate of drug-likeness (QED) is 0.449. The zero-order valence-electron chi connectivity index (χ0n) is 17.5. The van der Waals surface area contributed by atoms with Crippen LogP contribution in [0.3, 0.4) is 0 Å². The van der Waals surface area contributed by atoms with Crippen LogP contribution in [0.2, 0.25) is 5.02 Å². The van der Waals surface area contributed by atoms with Gasteiger partial charge in [0.15, 0.2) is 0 Å². The van der Waals surface area contributed by atoms with E-state index in [1.165, 1.54) is 4.57 Å². The minimum Gasteiger partial charge on any atom is -0.489 e. The van der Waals surface area contributed by atoms with Crippen molar-refractivity contribution < 1.29 is 17.9 Å². The molecule has 0 unspecified atom stereocenters. The van der Waals surface area contributed by atoms with Crippen LogP contribution in [0, 0.1) is 5.92 Å². The maximum atomic E-state index is 13.6. The zero-order chi connectivity index (χ0) is 22.2. The summed E-state index contributed by atoms with van der Waals surface area (Å²) in [5.74, 6) is -0.0143. The summed E-state index contributed by atoms with van der Waals surface area (Å²) in [7, 11) is 0. The van der Waals surface area contributed by atoms with Gasteiger partial charge in [0.05, 0.1) is 22.2 Å². The molecule has 0 saturated carbocycles. The minimum atomic E-state index is -4.48. The summed E-state index contributed by atoms with van der Waals surface area (Å²) in [6.07, 6.45) is -2.84. The smallest absolute Gasteiger partial charge is 0.449 e. The Morgan fingerprint density at radius 3 is 2.48 bits per heavy atom. The third-order valence-corrected chi connectivity index (χ3v) is 5.90. The van der Waals surface area contributed by atoms with Crippen molar-refractivity contribution >= 4 is 28.3 Å². The largest absolute Gasteiger partial charge is 0.489 e. The van der Waals surface area contributed by atoms with Crippen molar-refractivity contribution in [1.29, 1.82) is 0 Å². The number of para-hydroxylation sites is 2. The normalized spacial score (nSPS) is 15.8. The Bertz CT molecular complexity index is 1060. The highest BCUT2D eigenvalue weighted by Crippen LogP contribution is 2.35. The number of halogens is 4. The molecule has 0 atom stereocenters. The molecule has 8 heteroatoms. The number of hydrogen-bond donors (Lipinski definition) is 0. The second-order valence-corrected chi connectivity index (χ2v) is 8.65. The number of anilines is 1. The van der Waals surface area contributed by atoms with E-state index >= 15 is 0 Å². The van der Waals surface area contributed by atoms with Crippen molar-refractivity contribution in [3.63, 3.8) is 0 Å². The first-order valence-electron chi connectivity index (χ1n) is 10.5.